The van der Waals surface area contributed by atoms with Crippen molar-refractivity contribution in [3.05, 3.63) is 29.8 Å². The number of rotatable bonds is 4. The van der Waals surface area contributed by atoms with Crippen molar-refractivity contribution in [1.82, 2.24) is 5.32 Å². The highest BCUT2D eigenvalue weighted by Crippen LogP contribution is 2.39. The van der Waals surface area contributed by atoms with Crippen molar-refractivity contribution in [3.8, 4) is 5.75 Å². The molecular formula is C17H25NO2. The highest BCUT2D eigenvalue weighted by Gasteiger charge is 2.33. The molecule has 0 aliphatic carbocycles. The van der Waals surface area contributed by atoms with E-state index in [4.69, 9.17) is 9.47 Å². The molecule has 2 heterocycles. The third kappa shape index (κ3) is 3.15. The summed E-state index contributed by atoms with van der Waals surface area (Å²) < 4.78 is 11.8. The van der Waals surface area contributed by atoms with E-state index in [0.717, 1.165) is 31.7 Å². The Morgan fingerprint density at radius 1 is 1.30 bits per heavy atom. The Morgan fingerprint density at radius 2 is 2.15 bits per heavy atom. The fourth-order valence-corrected chi connectivity index (χ4v) is 3.27. The quantitative estimate of drug-likeness (QED) is 0.913. The molecule has 1 saturated heterocycles. The van der Waals surface area contributed by atoms with E-state index in [1.807, 2.05) is 6.07 Å². The minimum atomic E-state index is -0.101. The molecule has 2 aliphatic rings. The molecule has 3 nitrogen and oxygen atoms in total. The maximum atomic E-state index is 6.06. The number of hydrogen-bond acceptors (Lipinski definition) is 3. The second-order valence-corrected chi connectivity index (χ2v) is 6.53. The number of para-hydroxylation sites is 1. The molecule has 1 fully saturated rings. The zero-order valence-corrected chi connectivity index (χ0v) is 12.5. The third-order valence-corrected chi connectivity index (χ3v) is 4.26. The lowest BCUT2D eigenvalue weighted by atomic mass is 9.89. The van der Waals surface area contributed by atoms with E-state index < -0.39 is 0 Å². The van der Waals surface area contributed by atoms with Gasteiger partial charge < -0.3 is 14.8 Å². The van der Waals surface area contributed by atoms with Gasteiger partial charge in [0.2, 0.25) is 0 Å². The molecule has 0 aromatic heterocycles. The van der Waals surface area contributed by atoms with Crippen LogP contribution in [-0.2, 0) is 4.74 Å². The zero-order valence-electron chi connectivity index (χ0n) is 12.5. The molecule has 0 spiro atoms. The molecule has 3 rings (SSSR count). The smallest absolute Gasteiger partial charge is 0.124 e. The van der Waals surface area contributed by atoms with Gasteiger partial charge in [-0.25, -0.2) is 0 Å². The average molecular weight is 275 g/mol. The fourth-order valence-electron chi connectivity index (χ4n) is 3.27. The van der Waals surface area contributed by atoms with Crippen LogP contribution in [0, 0.1) is 0 Å². The van der Waals surface area contributed by atoms with Crippen molar-refractivity contribution in [3.63, 3.8) is 0 Å². The van der Waals surface area contributed by atoms with Gasteiger partial charge in [0.25, 0.3) is 0 Å². The maximum Gasteiger partial charge on any atom is 0.124 e. The summed E-state index contributed by atoms with van der Waals surface area (Å²) in [5, 5.41) is 3.70. The van der Waals surface area contributed by atoms with Crippen LogP contribution < -0.4 is 10.1 Å². The Bertz CT molecular complexity index is 452. The lowest BCUT2D eigenvalue weighted by molar-refractivity contribution is 0.0637. The predicted octanol–water partition coefficient (Wildman–Crippen LogP) is 3.45. The van der Waals surface area contributed by atoms with Crippen LogP contribution in [0.2, 0.25) is 0 Å². The van der Waals surface area contributed by atoms with Crippen molar-refractivity contribution in [2.45, 2.75) is 57.3 Å². The largest absolute Gasteiger partial charge is 0.487 e. The summed E-state index contributed by atoms with van der Waals surface area (Å²) in [7, 11) is 0. The van der Waals surface area contributed by atoms with Crippen LogP contribution in [0.25, 0.3) is 0 Å². The second-order valence-electron chi connectivity index (χ2n) is 6.53. The van der Waals surface area contributed by atoms with Gasteiger partial charge >= 0.3 is 0 Å². The molecule has 2 aliphatic heterocycles. The van der Waals surface area contributed by atoms with Crippen molar-refractivity contribution in [2.24, 2.45) is 0 Å². The highest BCUT2D eigenvalue weighted by atomic mass is 16.5. The Hall–Kier alpha value is -1.06. The molecule has 110 valence electrons. The highest BCUT2D eigenvalue weighted by molar-refractivity contribution is 5.38. The van der Waals surface area contributed by atoms with Gasteiger partial charge in [0.15, 0.2) is 0 Å². The molecule has 0 amide bonds. The summed E-state index contributed by atoms with van der Waals surface area (Å²) in [5.41, 5.74) is 1.19. The van der Waals surface area contributed by atoms with E-state index in [-0.39, 0.29) is 5.60 Å². The predicted molar refractivity (Wildman–Crippen MR) is 80.1 cm³/mol. The molecule has 0 bridgehead atoms. The van der Waals surface area contributed by atoms with Crippen molar-refractivity contribution in [2.75, 3.05) is 13.2 Å². The van der Waals surface area contributed by atoms with Crippen LogP contribution >= 0.6 is 0 Å². The number of fused-ring (bicyclic) bond motifs is 1. The van der Waals surface area contributed by atoms with E-state index in [2.05, 4.69) is 37.4 Å². The molecule has 20 heavy (non-hydrogen) atoms. The Morgan fingerprint density at radius 3 is 2.95 bits per heavy atom. The van der Waals surface area contributed by atoms with Crippen molar-refractivity contribution < 1.29 is 9.47 Å². The molecule has 2 unspecified atom stereocenters. The lowest BCUT2D eigenvalue weighted by Gasteiger charge is -2.38. The van der Waals surface area contributed by atoms with Gasteiger partial charge in [-0.15, -0.1) is 0 Å². The zero-order chi connectivity index (χ0) is 14.0. The Balaban J connectivity index is 1.62. The minimum Gasteiger partial charge on any atom is -0.487 e. The first-order chi connectivity index (χ1) is 9.64. The average Bonchev–Trinajstić information content (AvgIpc) is 2.90. The van der Waals surface area contributed by atoms with Crippen LogP contribution in [-0.4, -0.2) is 24.9 Å². The molecule has 0 radical (unpaired) electrons. The van der Waals surface area contributed by atoms with Gasteiger partial charge in [0.05, 0.1) is 6.10 Å². The summed E-state index contributed by atoms with van der Waals surface area (Å²) >= 11 is 0. The maximum absolute atomic E-state index is 6.06. The van der Waals surface area contributed by atoms with Gasteiger partial charge in [0.1, 0.15) is 11.4 Å². The first kappa shape index (κ1) is 13.9. The van der Waals surface area contributed by atoms with E-state index in [9.17, 15) is 0 Å². The SMILES string of the molecule is CC1(C)CC(NCCC2CCCO2)c2ccccc2O1. The summed E-state index contributed by atoms with van der Waals surface area (Å²) in [4.78, 5) is 0. The molecule has 3 heteroatoms. The monoisotopic (exact) mass is 275 g/mol. The normalized spacial score (nSPS) is 27.9. The number of benzene rings is 1. The van der Waals surface area contributed by atoms with Crippen LogP contribution in [0.5, 0.6) is 5.75 Å². The van der Waals surface area contributed by atoms with Gasteiger partial charge in [-0.3, -0.25) is 0 Å². The van der Waals surface area contributed by atoms with Gasteiger partial charge in [-0.05, 0) is 45.7 Å². The Kier molecular flexibility index (Phi) is 3.99. The summed E-state index contributed by atoms with van der Waals surface area (Å²) in [6.45, 7) is 6.28. The van der Waals surface area contributed by atoms with E-state index in [1.165, 1.54) is 18.4 Å². The first-order valence-electron chi connectivity index (χ1n) is 7.77. The van der Waals surface area contributed by atoms with Crippen LogP contribution in [0.1, 0.15) is 51.1 Å². The minimum absolute atomic E-state index is 0.101. The van der Waals surface area contributed by atoms with Gasteiger partial charge in [-0.1, -0.05) is 18.2 Å². The van der Waals surface area contributed by atoms with E-state index in [1.54, 1.807) is 0 Å². The molecule has 1 N–H and O–H groups in total. The van der Waals surface area contributed by atoms with Crippen LogP contribution in [0.3, 0.4) is 0 Å². The van der Waals surface area contributed by atoms with Crippen molar-refractivity contribution in [1.29, 1.82) is 0 Å². The van der Waals surface area contributed by atoms with Crippen LogP contribution in [0.4, 0.5) is 0 Å². The topological polar surface area (TPSA) is 30.5 Å². The molecule has 2 atom stereocenters. The van der Waals surface area contributed by atoms with E-state index in [0.29, 0.717) is 12.1 Å². The first-order valence-corrected chi connectivity index (χ1v) is 7.77. The van der Waals surface area contributed by atoms with E-state index >= 15 is 0 Å². The number of nitrogens with one attached hydrogen (secondary N) is 1. The fraction of sp³-hybridized carbons (Fsp3) is 0.647. The third-order valence-electron chi connectivity index (χ3n) is 4.26. The molecule has 1 aromatic carbocycles. The second kappa shape index (κ2) is 5.74. The van der Waals surface area contributed by atoms with Crippen LogP contribution in [0.15, 0.2) is 24.3 Å². The summed E-state index contributed by atoms with van der Waals surface area (Å²) in [6.07, 6.45) is 5.02. The Labute approximate surface area is 121 Å². The molecular weight excluding hydrogens is 250 g/mol. The molecule has 1 aromatic rings. The molecule has 0 saturated carbocycles. The standard InChI is InChI=1S/C17H25NO2/c1-17(2)12-15(14-7-3-4-8-16(14)20-17)18-10-9-13-6-5-11-19-13/h3-4,7-8,13,15,18H,5-6,9-12H2,1-2H3. The summed E-state index contributed by atoms with van der Waals surface area (Å²) in [5.74, 6) is 1.03. The summed E-state index contributed by atoms with van der Waals surface area (Å²) in [6, 6.07) is 8.77. The number of ether oxygens (including phenoxy) is 2. The van der Waals surface area contributed by atoms with Gasteiger partial charge in [-0.2, -0.15) is 0 Å². The lowest BCUT2D eigenvalue weighted by Crippen LogP contribution is -2.40. The number of hydrogen-bond donors (Lipinski definition) is 1. The van der Waals surface area contributed by atoms with Crippen molar-refractivity contribution >= 4 is 0 Å². The van der Waals surface area contributed by atoms with Gasteiger partial charge in [0, 0.05) is 24.6 Å².